The van der Waals surface area contributed by atoms with Gasteiger partial charge in [-0.1, -0.05) is 0 Å². The van der Waals surface area contributed by atoms with Gasteiger partial charge in [-0.25, -0.2) is 8.78 Å². The third-order valence-electron chi connectivity index (χ3n) is 1.69. The number of hydrogen-bond donors (Lipinski definition) is 1. The molecule has 2 nitrogen and oxygen atoms in total. The lowest BCUT2D eigenvalue weighted by molar-refractivity contribution is -0.0197. The number of rotatable bonds is 1. The molecule has 1 aliphatic heterocycles. The first-order chi connectivity index (χ1) is 4.67. The van der Waals surface area contributed by atoms with Crippen molar-refractivity contribution < 1.29 is 8.78 Å². The van der Waals surface area contributed by atoms with Crippen LogP contribution in [-0.4, -0.2) is 19.0 Å². The smallest absolute Gasteiger partial charge is 0.265 e. The molecule has 1 heterocycles. The molecule has 1 atom stereocenters. The maximum atomic E-state index is 12.6. The van der Waals surface area contributed by atoms with Crippen LogP contribution in [0.25, 0.3) is 0 Å². The summed E-state index contributed by atoms with van der Waals surface area (Å²) in [6, 6.07) is 1.75. The molecule has 56 valence electrons. The van der Waals surface area contributed by atoms with Crippen LogP contribution in [0.1, 0.15) is 6.42 Å². The summed E-state index contributed by atoms with van der Waals surface area (Å²) >= 11 is 0. The molecule has 1 saturated heterocycles. The third kappa shape index (κ3) is 1.24. The Balaban J connectivity index is 2.53. The largest absolute Gasteiger partial charge is 0.311 e. The molecule has 1 aliphatic rings. The van der Waals surface area contributed by atoms with E-state index in [1.807, 2.05) is 0 Å². The Kier molecular flexibility index (Phi) is 1.86. The van der Waals surface area contributed by atoms with Crippen LogP contribution >= 0.6 is 0 Å². The summed E-state index contributed by atoms with van der Waals surface area (Å²) < 4.78 is 25.2. The summed E-state index contributed by atoms with van der Waals surface area (Å²) in [5.41, 5.74) is 0. The Bertz CT molecular complexity index is 162. The topological polar surface area (TPSA) is 35.8 Å². The number of alkyl halides is 2. The second-order valence-electron chi connectivity index (χ2n) is 2.45. The van der Waals surface area contributed by atoms with Crippen LogP contribution in [0.2, 0.25) is 0 Å². The number of halogens is 2. The summed E-state index contributed by atoms with van der Waals surface area (Å²) in [4.78, 5) is 0. The average molecular weight is 146 g/mol. The van der Waals surface area contributed by atoms with E-state index in [1.165, 1.54) is 0 Å². The first-order valence-corrected chi connectivity index (χ1v) is 3.12. The van der Waals surface area contributed by atoms with Gasteiger partial charge < -0.3 is 5.32 Å². The molecule has 1 fully saturated rings. The van der Waals surface area contributed by atoms with Crippen molar-refractivity contribution in [2.24, 2.45) is 5.92 Å². The molecule has 1 rings (SSSR count). The van der Waals surface area contributed by atoms with E-state index in [0.29, 0.717) is 0 Å². The van der Waals surface area contributed by atoms with Gasteiger partial charge in [0, 0.05) is 18.9 Å². The van der Waals surface area contributed by atoms with E-state index < -0.39 is 11.8 Å². The first kappa shape index (κ1) is 7.42. The molecule has 0 aromatic rings. The fourth-order valence-corrected chi connectivity index (χ4v) is 1.04. The third-order valence-corrected chi connectivity index (χ3v) is 1.69. The Hall–Kier alpha value is -0.690. The molecular weight excluding hydrogens is 138 g/mol. The van der Waals surface area contributed by atoms with E-state index in [1.54, 1.807) is 6.07 Å². The van der Waals surface area contributed by atoms with Crippen LogP contribution < -0.4 is 5.32 Å². The molecule has 0 bridgehead atoms. The van der Waals surface area contributed by atoms with Gasteiger partial charge in [0.1, 0.15) is 0 Å². The van der Waals surface area contributed by atoms with Crippen LogP contribution in [0, 0.1) is 17.2 Å². The van der Waals surface area contributed by atoms with Gasteiger partial charge in [-0.05, 0) is 0 Å². The van der Waals surface area contributed by atoms with Crippen molar-refractivity contribution in [3.8, 4) is 6.07 Å². The van der Waals surface area contributed by atoms with E-state index in [0.717, 1.165) is 0 Å². The maximum absolute atomic E-state index is 12.6. The van der Waals surface area contributed by atoms with Gasteiger partial charge in [-0.2, -0.15) is 5.26 Å². The summed E-state index contributed by atoms with van der Waals surface area (Å²) in [6.07, 6.45) is -0.0556. The van der Waals surface area contributed by atoms with Gasteiger partial charge in [0.25, 0.3) is 5.92 Å². The van der Waals surface area contributed by atoms with Crippen LogP contribution in [0.5, 0.6) is 0 Å². The predicted molar refractivity (Wildman–Crippen MR) is 31.5 cm³/mol. The Morgan fingerprint density at radius 3 is 2.80 bits per heavy atom. The fraction of sp³-hybridized carbons (Fsp3) is 0.833. The van der Waals surface area contributed by atoms with Crippen molar-refractivity contribution in [1.29, 1.82) is 5.26 Å². The summed E-state index contributed by atoms with van der Waals surface area (Å²) in [6.45, 7) is -0.0140. The SMILES string of the molecule is N#CCC1CNCC1(F)F. The zero-order chi connectivity index (χ0) is 7.61. The Morgan fingerprint density at radius 1 is 1.70 bits per heavy atom. The summed E-state index contributed by atoms with van der Waals surface area (Å²) in [5, 5.41) is 10.7. The molecule has 0 saturated carbocycles. The molecule has 0 aromatic carbocycles. The molecule has 0 aromatic heterocycles. The molecule has 0 amide bonds. The van der Waals surface area contributed by atoms with Gasteiger partial charge in [0.2, 0.25) is 0 Å². The molecule has 10 heavy (non-hydrogen) atoms. The lowest BCUT2D eigenvalue weighted by Crippen LogP contribution is -2.26. The standard InChI is InChI=1S/C6H8F2N2/c7-6(8)4-10-3-5(6)1-2-9/h5,10H,1,3-4H2. The highest BCUT2D eigenvalue weighted by Crippen LogP contribution is 2.29. The van der Waals surface area contributed by atoms with Crippen molar-refractivity contribution in [3.63, 3.8) is 0 Å². The molecular formula is C6H8F2N2. The minimum atomic E-state index is -2.67. The molecule has 1 unspecified atom stereocenters. The van der Waals surface area contributed by atoms with Crippen molar-refractivity contribution in [2.45, 2.75) is 12.3 Å². The number of nitriles is 1. The highest BCUT2D eigenvalue weighted by atomic mass is 19.3. The predicted octanol–water partition coefficient (Wildman–Crippen LogP) is 0.755. The van der Waals surface area contributed by atoms with Gasteiger partial charge in [0.15, 0.2) is 0 Å². The lowest BCUT2D eigenvalue weighted by Gasteiger charge is -2.13. The monoisotopic (exact) mass is 146 g/mol. The van der Waals surface area contributed by atoms with Gasteiger partial charge in [0.05, 0.1) is 12.6 Å². The van der Waals surface area contributed by atoms with Crippen molar-refractivity contribution in [2.75, 3.05) is 13.1 Å². The summed E-state index contributed by atoms with van der Waals surface area (Å²) in [7, 11) is 0. The minimum Gasteiger partial charge on any atom is -0.311 e. The second-order valence-corrected chi connectivity index (χ2v) is 2.45. The van der Waals surface area contributed by atoms with Crippen LogP contribution in [0.15, 0.2) is 0 Å². The Morgan fingerprint density at radius 2 is 2.40 bits per heavy atom. The Labute approximate surface area is 57.8 Å². The highest BCUT2D eigenvalue weighted by Gasteiger charge is 2.43. The van der Waals surface area contributed by atoms with Gasteiger partial charge >= 0.3 is 0 Å². The van der Waals surface area contributed by atoms with E-state index in [9.17, 15) is 8.78 Å². The van der Waals surface area contributed by atoms with E-state index in [4.69, 9.17) is 5.26 Å². The van der Waals surface area contributed by atoms with Crippen LogP contribution in [0.4, 0.5) is 8.78 Å². The number of nitrogens with zero attached hydrogens (tertiary/aromatic N) is 1. The molecule has 0 radical (unpaired) electrons. The average Bonchev–Trinajstić information content (AvgIpc) is 2.13. The fourth-order valence-electron chi connectivity index (χ4n) is 1.04. The summed E-state index contributed by atoms with van der Waals surface area (Å²) in [5.74, 6) is -3.45. The van der Waals surface area contributed by atoms with E-state index in [-0.39, 0.29) is 19.5 Å². The molecule has 0 spiro atoms. The van der Waals surface area contributed by atoms with Crippen molar-refractivity contribution >= 4 is 0 Å². The number of nitrogens with one attached hydrogen (secondary N) is 1. The molecule has 1 N–H and O–H groups in total. The molecule has 4 heteroatoms. The maximum Gasteiger partial charge on any atom is 0.265 e. The van der Waals surface area contributed by atoms with E-state index >= 15 is 0 Å². The van der Waals surface area contributed by atoms with Crippen molar-refractivity contribution in [1.82, 2.24) is 5.32 Å². The number of hydrogen-bond acceptors (Lipinski definition) is 2. The van der Waals surface area contributed by atoms with Crippen molar-refractivity contribution in [3.05, 3.63) is 0 Å². The van der Waals surface area contributed by atoms with Crippen LogP contribution in [0.3, 0.4) is 0 Å². The zero-order valence-corrected chi connectivity index (χ0v) is 5.40. The first-order valence-electron chi connectivity index (χ1n) is 3.12. The normalized spacial score (nSPS) is 29.9. The molecule has 0 aliphatic carbocycles. The van der Waals surface area contributed by atoms with E-state index in [2.05, 4.69) is 5.32 Å². The lowest BCUT2D eigenvalue weighted by atomic mass is 10.0. The van der Waals surface area contributed by atoms with Gasteiger partial charge in [-0.15, -0.1) is 0 Å². The highest BCUT2D eigenvalue weighted by molar-refractivity contribution is 4.92. The van der Waals surface area contributed by atoms with Gasteiger partial charge in [-0.3, -0.25) is 0 Å². The quantitative estimate of drug-likeness (QED) is 0.592. The zero-order valence-electron chi connectivity index (χ0n) is 5.40. The second kappa shape index (κ2) is 2.51. The minimum absolute atomic E-state index is 0.0556. The van der Waals surface area contributed by atoms with Crippen LogP contribution in [-0.2, 0) is 0 Å².